The molecule has 3 aromatic rings. The van der Waals surface area contributed by atoms with Crippen molar-refractivity contribution in [1.82, 2.24) is 10.1 Å². The van der Waals surface area contributed by atoms with E-state index in [4.69, 9.17) is 18.7 Å². The summed E-state index contributed by atoms with van der Waals surface area (Å²) in [5.41, 5.74) is 1.68. The number of benzene rings is 2. The van der Waals surface area contributed by atoms with Crippen LogP contribution in [0.1, 0.15) is 29.4 Å². The van der Waals surface area contributed by atoms with Crippen LogP contribution >= 0.6 is 0 Å². The van der Waals surface area contributed by atoms with Crippen LogP contribution in [0.3, 0.4) is 0 Å². The molecule has 9 nitrogen and oxygen atoms in total. The molecule has 1 fully saturated rings. The maximum Gasteiger partial charge on any atom is 0.276 e. The highest BCUT2D eigenvalue weighted by Crippen LogP contribution is 2.35. The van der Waals surface area contributed by atoms with Crippen LogP contribution < -0.4 is 14.2 Å². The summed E-state index contributed by atoms with van der Waals surface area (Å²) in [6.07, 6.45) is 0.387. The second-order valence-electron chi connectivity index (χ2n) is 8.50. The lowest BCUT2D eigenvalue weighted by Crippen LogP contribution is -2.40. The predicted octanol–water partition coefficient (Wildman–Crippen LogP) is 3.34. The molecule has 1 saturated heterocycles. The number of hydrogen-bond acceptors (Lipinski definition) is 8. The van der Waals surface area contributed by atoms with E-state index in [1.54, 1.807) is 23.1 Å². The van der Waals surface area contributed by atoms with Gasteiger partial charge in [-0.05, 0) is 49.2 Å². The maximum atomic E-state index is 13.5. The van der Waals surface area contributed by atoms with Gasteiger partial charge in [-0.15, -0.1) is 0 Å². The van der Waals surface area contributed by atoms with Crippen LogP contribution in [0.5, 0.6) is 17.2 Å². The van der Waals surface area contributed by atoms with Crippen molar-refractivity contribution in [1.29, 1.82) is 0 Å². The second kappa shape index (κ2) is 9.61. The number of nitrogens with zero attached hydrogens (tertiary/aromatic N) is 2. The molecule has 10 heteroatoms. The quantitative estimate of drug-likeness (QED) is 0.488. The predicted molar refractivity (Wildman–Crippen MR) is 127 cm³/mol. The normalized spacial score (nSPS) is 18.3. The molecule has 184 valence electrons. The van der Waals surface area contributed by atoms with E-state index in [1.165, 1.54) is 0 Å². The zero-order valence-corrected chi connectivity index (χ0v) is 20.1. The van der Waals surface area contributed by atoms with Crippen LogP contribution in [-0.2, 0) is 16.4 Å². The van der Waals surface area contributed by atoms with Crippen molar-refractivity contribution in [3.63, 3.8) is 0 Å². The fourth-order valence-electron chi connectivity index (χ4n) is 4.30. The topological polar surface area (TPSA) is 108 Å². The summed E-state index contributed by atoms with van der Waals surface area (Å²) in [7, 11) is -3.19. The number of fused-ring (bicyclic) bond motifs is 1. The molecule has 1 aromatic heterocycles. The van der Waals surface area contributed by atoms with Gasteiger partial charge >= 0.3 is 0 Å². The molecule has 2 aliphatic rings. The van der Waals surface area contributed by atoms with Gasteiger partial charge in [-0.3, -0.25) is 4.79 Å². The van der Waals surface area contributed by atoms with Crippen molar-refractivity contribution in [3.05, 3.63) is 59.8 Å². The molecule has 2 aromatic carbocycles. The third-order valence-corrected chi connectivity index (χ3v) is 7.80. The summed E-state index contributed by atoms with van der Waals surface area (Å²) in [5, 5.41) is 4.01. The van der Waals surface area contributed by atoms with E-state index in [2.05, 4.69) is 5.16 Å². The molecule has 0 aliphatic carbocycles. The molecule has 1 amide bonds. The first-order chi connectivity index (χ1) is 16.9. The molecule has 5 rings (SSSR count). The fraction of sp³-hybridized carbons (Fsp3) is 0.360. The van der Waals surface area contributed by atoms with Gasteiger partial charge in [0.2, 0.25) is 0 Å². The first-order valence-corrected chi connectivity index (χ1v) is 13.3. The SMILES string of the molecule is CCOc1ccc(CN(C(=O)c2cc(-c3ccc4c(c3)OCCO4)on2)C2CCS(=O)(=O)C2)cc1. The van der Waals surface area contributed by atoms with Gasteiger partial charge in [0.15, 0.2) is 32.8 Å². The number of hydrogen-bond donors (Lipinski definition) is 0. The Kier molecular flexibility index (Phi) is 6.38. The van der Waals surface area contributed by atoms with E-state index in [0.29, 0.717) is 49.1 Å². The second-order valence-corrected chi connectivity index (χ2v) is 10.7. The Morgan fingerprint density at radius 2 is 1.86 bits per heavy atom. The van der Waals surface area contributed by atoms with Gasteiger partial charge in [-0.1, -0.05) is 17.3 Å². The molecule has 0 saturated carbocycles. The highest BCUT2D eigenvalue weighted by atomic mass is 32.2. The Hall–Kier alpha value is -3.53. The number of carbonyl (C=O) groups is 1. The van der Waals surface area contributed by atoms with Crippen LogP contribution in [0.15, 0.2) is 53.1 Å². The number of sulfone groups is 1. The van der Waals surface area contributed by atoms with E-state index < -0.39 is 15.9 Å². The zero-order chi connectivity index (χ0) is 24.4. The molecule has 0 spiro atoms. The van der Waals surface area contributed by atoms with Crippen molar-refractivity contribution in [2.24, 2.45) is 0 Å². The molecule has 0 N–H and O–H groups in total. The Labute approximate surface area is 203 Å². The maximum absolute atomic E-state index is 13.5. The molecule has 35 heavy (non-hydrogen) atoms. The molecular formula is C25H26N2O7S. The Morgan fingerprint density at radius 1 is 1.09 bits per heavy atom. The van der Waals surface area contributed by atoms with Crippen molar-refractivity contribution in [2.45, 2.75) is 25.9 Å². The number of amides is 1. The molecule has 0 bridgehead atoms. The molecule has 1 unspecified atom stereocenters. The summed E-state index contributed by atoms with van der Waals surface area (Å²) < 4.78 is 46.5. The highest BCUT2D eigenvalue weighted by molar-refractivity contribution is 7.91. The lowest BCUT2D eigenvalue weighted by Gasteiger charge is -2.27. The standard InChI is InChI=1S/C25H26N2O7S/c1-2-31-20-6-3-17(4-7-20)15-27(19-9-12-35(29,30)16-19)25(28)21-14-23(34-26-21)18-5-8-22-24(13-18)33-11-10-32-22/h3-8,13-14,19H,2,9-12,15-16H2,1H3. The molecule has 2 aliphatic heterocycles. The third kappa shape index (κ3) is 5.12. The Balaban J connectivity index is 1.40. The van der Waals surface area contributed by atoms with Gasteiger partial charge < -0.3 is 23.6 Å². The summed E-state index contributed by atoms with van der Waals surface area (Å²) in [5.74, 6) is 2.01. The van der Waals surface area contributed by atoms with Gasteiger partial charge in [0.25, 0.3) is 5.91 Å². The number of aromatic nitrogens is 1. The van der Waals surface area contributed by atoms with Gasteiger partial charge in [-0.2, -0.15) is 0 Å². The van der Waals surface area contributed by atoms with E-state index in [9.17, 15) is 13.2 Å². The van der Waals surface area contributed by atoms with E-state index in [-0.39, 0.29) is 29.7 Å². The molecule has 0 radical (unpaired) electrons. The van der Waals surface area contributed by atoms with Crippen LogP contribution in [0, 0.1) is 0 Å². The molecular weight excluding hydrogens is 472 g/mol. The Morgan fingerprint density at radius 3 is 2.57 bits per heavy atom. The minimum absolute atomic E-state index is 0.0615. The van der Waals surface area contributed by atoms with Crippen molar-refractivity contribution < 1.29 is 31.9 Å². The van der Waals surface area contributed by atoms with Crippen molar-refractivity contribution in [2.75, 3.05) is 31.3 Å². The van der Waals surface area contributed by atoms with Gasteiger partial charge in [0.05, 0.1) is 18.1 Å². The number of carbonyl (C=O) groups excluding carboxylic acids is 1. The van der Waals surface area contributed by atoms with E-state index >= 15 is 0 Å². The van der Waals surface area contributed by atoms with E-state index in [0.717, 1.165) is 11.3 Å². The summed E-state index contributed by atoms with van der Waals surface area (Å²) in [6.45, 7) is 3.67. The average molecular weight is 499 g/mol. The van der Waals surface area contributed by atoms with Crippen LogP contribution in [0.2, 0.25) is 0 Å². The lowest BCUT2D eigenvalue weighted by molar-refractivity contribution is 0.0670. The summed E-state index contributed by atoms with van der Waals surface area (Å²) in [6, 6.07) is 13.9. The monoisotopic (exact) mass is 498 g/mol. The van der Waals surface area contributed by atoms with Crippen molar-refractivity contribution >= 4 is 15.7 Å². The lowest BCUT2D eigenvalue weighted by atomic mass is 10.1. The molecule has 1 atom stereocenters. The van der Waals surface area contributed by atoms with Crippen molar-refractivity contribution in [3.8, 4) is 28.6 Å². The Bertz CT molecular complexity index is 1320. The van der Waals surface area contributed by atoms with Gasteiger partial charge in [-0.25, -0.2) is 8.42 Å². The minimum Gasteiger partial charge on any atom is -0.494 e. The average Bonchev–Trinajstić information content (AvgIpc) is 3.50. The van der Waals surface area contributed by atoms with E-state index in [1.807, 2.05) is 37.3 Å². The van der Waals surface area contributed by atoms with Crippen LogP contribution in [-0.4, -0.2) is 61.7 Å². The highest BCUT2D eigenvalue weighted by Gasteiger charge is 2.36. The van der Waals surface area contributed by atoms with Gasteiger partial charge in [0, 0.05) is 24.2 Å². The fourth-order valence-corrected chi connectivity index (χ4v) is 6.03. The van der Waals surface area contributed by atoms with Crippen LogP contribution in [0.4, 0.5) is 0 Å². The molecule has 3 heterocycles. The smallest absolute Gasteiger partial charge is 0.276 e. The number of rotatable bonds is 7. The summed E-state index contributed by atoms with van der Waals surface area (Å²) >= 11 is 0. The largest absolute Gasteiger partial charge is 0.494 e. The number of ether oxygens (including phenoxy) is 3. The first kappa shape index (κ1) is 23.2. The third-order valence-electron chi connectivity index (χ3n) is 6.05. The van der Waals surface area contributed by atoms with Gasteiger partial charge in [0.1, 0.15) is 19.0 Å². The first-order valence-electron chi connectivity index (χ1n) is 11.5. The van der Waals surface area contributed by atoms with Crippen LogP contribution in [0.25, 0.3) is 11.3 Å². The minimum atomic E-state index is -3.19. The summed E-state index contributed by atoms with van der Waals surface area (Å²) in [4.78, 5) is 15.1. The zero-order valence-electron chi connectivity index (χ0n) is 19.3.